The van der Waals surface area contributed by atoms with Gasteiger partial charge in [-0.25, -0.2) is 0 Å². The molecule has 1 aromatic rings. The third kappa shape index (κ3) is 3.07. The highest BCUT2D eigenvalue weighted by Crippen LogP contribution is 2.31. The van der Waals surface area contributed by atoms with Crippen LogP contribution >= 0.6 is 15.9 Å². The highest BCUT2D eigenvalue weighted by molar-refractivity contribution is 9.10. The molecule has 0 spiro atoms. The maximum absolute atomic E-state index is 5.94. The summed E-state index contributed by atoms with van der Waals surface area (Å²) in [5, 5.41) is 0. The highest BCUT2D eigenvalue weighted by atomic mass is 79.9. The number of halogens is 1. The molecule has 1 saturated heterocycles. The molecule has 2 unspecified atom stereocenters. The molecule has 0 aliphatic carbocycles. The fourth-order valence-electron chi connectivity index (χ4n) is 2.96. The van der Waals surface area contributed by atoms with E-state index in [0.717, 1.165) is 29.4 Å². The lowest BCUT2D eigenvalue weighted by Gasteiger charge is -2.37. The number of hydrogen-bond acceptors (Lipinski definition) is 2. The molecule has 3 atom stereocenters. The third-order valence-electron chi connectivity index (χ3n) is 3.71. The third-order valence-corrected chi connectivity index (χ3v) is 4.40. The zero-order valence-corrected chi connectivity index (χ0v) is 13.1. The van der Waals surface area contributed by atoms with Gasteiger partial charge < -0.3 is 10.6 Å². The van der Waals surface area contributed by atoms with Gasteiger partial charge in [0.15, 0.2) is 0 Å². The lowest BCUT2D eigenvalue weighted by atomic mass is 9.91. The van der Waals surface area contributed by atoms with Crippen LogP contribution in [0.1, 0.15) is 38.8 Å². The molecule has 2 N–H and O–H groups in total. The van der Waals surface area contributed by atoms with Gasteiger partial charge in [-0.2, -0.15) is 0 Å². The quantitative estimate of drug-likeness (QED) is 0.896. The first-order valence-electron chi connectivity index (χ1n) is 6.77. The number of rotatable bonds is 2. The maximum atomic E-state index is 5.94. The lowest BCUT2D eigenvalue weighted by molar-refractivity contribution is 0.357. The zero-order valence-electron chi connectivity index (χ0n) is 11.5. The fraction of sp³-hybridized carbons (Fsp3) is 0.600. The van der Waals surface area contributed by atoms with E-state index in [0.29, 0.717) is 0 Å². The van der Waals surface area contributed by atoms with Gasteiger partial charge >= 0.3 is 0 Å². The Hall–Kier alpha value is -0.540. The Morgan fingerprint density at radius 1 is 1.28 bits per heavy atom. The van der Waals surface area contributed by atoms with Crippen LogP contribution in [0.5, 0.6) is 0 Å². The molecule has 1 heterocycles. The van der Waals surface area contributed by atoms with Gasteiger partial charge in [0.05, 0.1) is 0 Å². The van der Waals surface area contributed by atoms with Crippen molar-refractivity contribution in [1.29, 1.82) is 0 Å². The van der Waals surface area contributed by atoms with E-state index in [9.17, 15) is 0 Å². The average Bonchev–Trinajstić information content (AvgIpc) is 2.26. The summed E-state index contributed by atoms with van der Waals surface area (Å²) < 4.78 is 1.13. The van der Waals surface area contributed by atoms with Gasteiger partial charge in [0.2, 0.25) is 0 Å². The van der Waals surface area contributed by atoms with Crippen molar-refractivity contribution in [3.8, 4) is 0 Å². The van der Waals surface area contributed by atoms with Crippen molar-refractivity contribution in [2.24, 2.45) is 17.6 Å². The number of nitrogens with two attached hydrogens (primary N) is 1. The molecule has 100 valence electrons. The summed E-state index contributed by atoms with van der Waals surface area (Å²) in [7, 11) is 0. The van der Waals surface area contributed by atoms with Crippen molar-refractivity contribution in [1.82, 2.24) is 0 Å². The van der Waals surface area contributed by atoms with Gasteiger partial charge in [0.25, 0.3) is 0 Å². The first-order chi connectivity index (χ1) is 8.47. The molecule has 1 aliphatic rings. The molecule has 1 aromatic carbocycles. The predicted molar refractivity (Wildman–Crippen MR) is 81.9 cm³/mol. The van der Waals surface area contributed by atoms with Gasteiger partial charge in [-0.3, -0.25) is 0 Å². The van der Waals surface area contributed by atoms with Crippen LogP contribution in [-0.4, -0.2) is 13.1 Å². The minimum absolute atomic E-state index is 0.0765. The summed E-state index contributed by atoms with van der Waals surface area (Å²) in [5.74, 6) is 1.56. The Morgan fingerprint density at radius 2 is 1.89 bits per heavy atom. The summed E-state index contributed by atoms with van der Waals surface area (Å²) in [5.41, 5.74) is 8.43. The van der Waals surface area contributed by atoms with E-state index >= 15 is 0 Å². The van der Waals surface area contributed by atoms with Crippen LogP contribution in [0, 0.1) is 11.8 Å². The van der Waals surface area contributed by atoms with E-state index in [-0.39, 0.29) is 6.04 Å². The van der Waals surface area contributed by atoms with Gasteiger partial charge in [0, 0.05) is 29.3 Å². The molecule has 3 heteroatoms. The highest BCUT2D eigenvalue weighted by Gasteiger charge is 2.22. The minimum Gasteiger partial charge on any atom is -0.371 e. The second-order valence-electron chi connectivity index (χ2n) is 5.85. The maximum Gasteiger partial charge on any atom is 0.0377 e. The number of benzene rings is 1. The van der Waals surface area contributed by atoms with E-state index in [2.05, 4.69) is 52.9 Å². The Kier molecular flexibility index (Phi) is 4.33. The van der Waals surface area contributed by atoms with Crippen LogP contribution in [0.15, 0.2) is 22.7 Å². The minimum atomic E-state index is 0.0765. The molecule has 2 nitrogen and oxygen atoms in total. The van der Waals surface area contributed by atoms with Gasteiger partial charge in [0.1, 0.15) is 0 Å². The molecule has 2 rings (SSSR count). The van der Waals surface area contributed by atoms with Crippen molar-refractivity contribution in [3.63, 3.8) is 0 Å². The van der Waals surface area contributed by atoms with E-state index in [4.69, 9.17) is 5.73 Å². The van der Waals surface area contributed by atoms with Crippen molar-refractivity contribution in [3.05, 3.63) is 28.2 Å². The topological polar surface area (TPSA) is 29.3 Å². The molecule has 18 heavy (non-hydrogen) atoms. The van der Waals surface area contributed by atoms with E-state index in [1.54, 1.807) is 0 Å². The average molecular weight is 311 g/mol. The molecule has 0 bridgehead atoms. The predicted octanol–water partition coefficient (Wildman–Crippen LogP) is 3.95. The molecular formula is C15H23BrN2. The van der Waals surface area contributed by atoms with Gasteiger partial charge in [-0.1, -0.05) is 35.8 Å². The number of hydrogen-bond donors (Lipinski definition) is 1. The summed E-state index contributed by atoms with van der Waals surface area (Å²) in [6.07, 6.45) is 1.34. The molecule has 0 saturated carbocycles. The van der Waals surface area contributed by atoms with Crippen LogP contribution in [0.3, 0.4) is 0 Å². The van der Waals surface area contributed by atoms with E-state index in [1.165, 1.54) is 17.7 Å². The molecule has 1 fully saturated rings. The van der Waals surface area contributed by atoms with Crippen LogP contribution in [0.25, 0.3) is 0 Å². The lowest BCUT2D eigenvalue weighted by Crippen LogP contribution is -2.38. The van der Waals surface area contributed by atoms with Crippen molar-refractivity contribution in [2.75, 3.05) is 18.0 Å². The summed E-state index contributed by atoms with van der Waals surface area (Å²) >= 11 is 3.64. The SMILES string of the molecule is CC1CC(C)CN(c2ccc([C@@H](C)N)c(Br)c2)C1. The molecule has 0 radical (unpaired) electrons. The number of anilines is 1. The first kappa shape index (κ1) is 13.9. The summed E-state index contributed by atoms with van der Waals surface area (Å²) in [6, 6.07) is 6.64. The first-order valence-corrected chi connectivity index (χ1v) is 7.56. The Bertz CT molecular complexity index is 407. The normalized spacial score (nSPS) is 26.2. The summed E-state index contributed by atoms with van der Waals surface area (Å²) in [4.78, 5) is 2.49. The second-order valence-corrected chi connectivity index (χ2v) is 6.70. The van der Waals surface area contributed by atoms with Crippen LogP contribution in [0.2, 0.25) is 0 Å². The molecule has 0 amide bonds. The molecule has 1 aliphatic heterocycles. The monoisotopic (exact) mass is 310 g/mol. The smallest absolute Gasteiger partial charge is 0.0377 e. The van der Waals surface area contributed by atoms with Gasteiger partial charge in [-0.05, 0) is 42.9 Å². The standard InChI is InChI=1S/C15H23BrN2/c1-10-6-11(2)9-18(8-10)13-4-5-14(12(3)17)15(16)7-13/h4-5,7,10-12H,6,8-9,17H2,1-3H3/t10?,11?,12-/m1/s1. The van der Waals surface area contributed by atoms with Crippen molar-refractivity contribution in [2.45, 2.75) is 33.2 Å². The Balaban J connectivity index is 2.21. The zero-order chi connectivity index (χ0) is 13.3. The van der Waals surface area contributed by atoms with Crippen LogP contribution < -0.4 is 10.6 Å². The Labute approximate surface area is 119 Å². The largest absolute Gasteiger partial charge is 0.371 e. The second kappa shape index (κ2) is 5.62. The van der Waals surface area contributed by atoms with E-state index in [1.807, 2.05) is 6.92 Å². The van der Waals surface area contributed by atoms with Crippen molar-refractivity contribution >= 4 is 21.6 Å². The number of piperidine rings is 1. The van der Waals surface area contributed by atoms with Crippen molar-refractivity contribution < 1.29 is 0 Å². The number of nitrogens with zero attached hydrogens (tertiary/aromatic N) is 1. The molecule has 0 aromatic heterocycles. The fourth-order valence-corrected chi connectivity index (χ4v) is 3.68. The van der Waals surface area contributed by atoms with Crippen LogP contribution in [-0.2, 0) is 0 Å². The molecular weight excluding hydrogens is 288 g/mol. The Morgan fingerprint density at radius 3 is 2.39 bits per heavy atom. The van der Waals surface area contributed by atoms with Crippen LogP contribution in [0.4, 0.5) is 5.69 Å². The van der Waals surface area contributed by atoms with E-state index < -0.39 is 0 Å². The van der Waals surface area contributed by atoms with Gasteiger partial charge in [-0.15, -0.1) is 0 Å². The summed E-state index contributed by atoms with van der Waals surface area (Å²) in [6.45, 7) is 9.02.